The molecular weight excluding hydrogens is 288 g/mol. The molecule has 2 rings (SSSR count). The molecule has 0 radical (unpaired) electrons. The third kappa shape index (κ3) is 2.82. The lowest BCUT2D eigenvalue weighted by molar-refractivity contribution is -0.160. The average Bonchev–Trinajstić information content (AvgIpc) is 2.45. The summed E-state index contributed by atoms with van der Waals surface area (Å²) in [6.45, 7) is 14.0. The molecule has 126 valence electrons. The van der Waals surface area contributed by atoms with Crippen LogP contribution in [0.2, 0.25) is 0 Å². The summed E-state index contributed by atoms with van der Waals surface area (Å²) >= 11 is 0. The van der Waals surface area contributed by atoms with Crippen LogP contribution >= 0.6 is 0 Å². The van der Waals surface area contributed by atoms with Crippen LogP contribution in [-0.2, 0) is 14.3 Å². The number of esters is 1. The number of Topliss-reactive ketones (excluding diaryl/α,β-unsaturated/α-hetero) is 1. The van der Waals surface area contributed by atoms with E-state index in [1.807, 2.05) is 19.9 Å². The molecule has 23 heavy (non-hydrogen) atoms. The summed E-state index contributed by atoms with van der Waals surface area (Å²) in [5.41, 5.74) is 2.43. The lowest BCUT2D eigenvalue weighted by Crippen LogP contribution is -2.50. The summed E-state index contributed by atoms with van der Waals surface area (Å²) in [7, 11) is 0. The first-order chi connectivity index (χ1) is 10.6. The van der Waals surface area contributed by atoms with Crippen LogP contribution in [0.1, 0.15) is 54.9 Å². The molecule has 0 aromatic heterocycles. The van der Waals surface area contributed by atoms with Gasteiger partial charge in [-0.2, -0.15) is 0 Å². The average molecular weight is 316 g/mol. The van der Waals surface area contributed by atoms with Crippen LogP contribution in [0, 0.1) is 23.2 Å². The Balaban J connectivity index is 2.56. The SMILES string of the molecule is CC1=CC(C)=C2OC(=O)C(C)C(=O)[C@]2(C)[C@@H]1/C(C)=C/CC(C)C. The van der Waals surface area contributed by atoms with Gasteiger partial charge in [0.2, 0.25) is 0 Å². The van der Waals surface area contributed by atoms with Gasteiger partial charge >= 0.3 is 5.97 Å². The summed E-state index contributed by atoms with van der Waals surface area (Å²) in [4.78, 5) is 25.1. The lowest BCUT2D eigenvalue weighted by Gasteiger charge is -2.45. The van der Waals surface area contributed by atoms with Crippen LogP contribution in [-0.4, -0.2) is 11.8 Å². The highest BCUT2D eigenvalue weighted by Gasteiger charge is 2.55. The molecule has 3 nitrogen and oxygen atoms in total. The van der Waals surface area contributed by atoms with E-state index in [4.69, 9.17) is 4.74 Å². The molecule has 0 bridgehead atoms. The quantitative estimate of drug-likeness (QED) is 0.434. The van der Waals surface area contributed by atoms with Crippen molar-refractivity contribution in [2.24, 2.45) is 23.2 Å². The molecule has 0 spiro atoms. The van der Waals surface area contributed by atoms with Crippen molar-refractivity contribution >= 4 is 11.8 Å². The van der Waals surface area contributed by atoms with Crippen LogP contribution in [0.25, 0.3) is 0 Å². The third-order valence-electron chi connectivity index (χ3n) is 5.13. The minimum Gasteiger partial charge on any atom is -0.429 e. The summed E-state index contributed by atoms with van der Waals surface area (Å²) in [6, 6.07) is 0. The van der Waals surface area contributed by atoms with Gasteiger partial charge < -0.3 is 4.74 Å². The highest BCUT2D eigenvalue weighted by atomic mass is 16.5. The van der Waals surface area contributed by atoms with E-state index in [-0.39, 0.29) is 11.7 Å². The van der Waals surface area contributed by atoms with Crippen molar-refractivity contribution in [1.82, 2.24) is 0 Å². The number of ketones is 1. The van der Waals surface area contributed by atoms with Crippen molar-refractivity contribution in [1.29, 1.82) is 0 Å². The van der Waals surface area contributed by atoms with E-state index >= 15 is 0 Å². The van der Waals surface area contributed by atoms with Crippen molar-refractivity contribution in [3.8, 4) is 0 Å². The van der Waals surface area contributed by atoms with Gasteiger partial charge in [-0.3, -0.25) is 9.59 Å². The first kappa shape index (κ1) is 17.7. The molecular formula is C20H28O3. The standard InChI is InChI=1S/C20H28O3/c1-11(2)8-9-12(3)16-13(4)10-14(5)18-20(16,7)17(21)15(6)19(22)23-18/h9-11,15-16H,8H2,1-7H3/b12-9+/t15?,16-,20+/m1/s1. The maximum atomic E-state index is 13.0. The molecule has 1 aliphatic heterocycles. The molecule has 0 amide bonds. The topological polar surface area (TPSA) is 43.4 Å². The minimum absolute atomic E-state index is 0.0298. The Morgan fingerprint density at radius 3 is 2.52 bits per heavy atom. The predicted molar refractivity (Wildman–Crippen MR) is 91.5 cm³/mol. The molecule has 1 fully saturated rings. The Labute approximate surface area is 139 Å². The maximum absolute atomic E-state index is 13.0. The first-order valence-electron chi connectivity index (χ1n) is 8.42. The van der Waals surface area contributed by atoms with Gasteiger partial charge in [0, 0.05) is 5.92 Å². The zero-order valence-corrected chi connectivity index (χ0v) is 15.3. The monoisotopic (exact) mass is 316 g/mol. The molecule has 3 heteroatoms. The highest BCUT2D eigenvalue weighted by molar-refractivity contribution is 6.06. The van der Waals surface area contributed by atoms with Gasteiger partial charge in [0.25, 0.3) is 0 Å². The van der Waals surface area contributed by atoms with Crippen LogP contribution in [0.3, 0.4) is 0 Å². The van der Waals surface area contributed by atoms with Gasteiger partial charge in [-0.05, 0) is 52.5 Å². The normalized spacial score (nSPS) is 32.0. The van der Waals surface area contributed by atoms with Gasteiger partial charge in [0.05, 0.1) is 5.41 Å². The van der Waals surface area contributed by atoms with E-state index in [0.717, 1.165) is 17.6 Å². The number of hydrogen-bond acceptors (Lipinski definition) is 3. The second kappa shape index (κ2) is 6.10. The number of carbonyl (C=O) groups excluding carboxylic acids is 2. The maximum Gasteiger partial charge on any atom is 0.321 e. The minimum atomic E-state index is -0.784. The van der Waals surface area contributed by atoms with E-state index in [2.05, 4.69) is 33.8 Å². The fourth-order valence-electron chi connectivity index (χ4n) is 4.03. The molecule has 0 aromatic carbocycles. The second-order valence-electron chi connectivity index (χ2n) is 7.62. The highest BCUT2D eigenvalue weighted by Crippen LogP contribution is 2.52. The second-order valence-corrected chi connectivity index (χ2v) is 7.62. The summed E-state index contributed by atoms with van der Waals surface area (Å²) in [5, 5.41) is 0. The van der Waals surface area contributed by atoms with Crippen molar-refractivity contribution < 1.29 is 14.3 Å². The van der Waals surface area contributed by atoms with Gasteiger partial charge in [0.15, 0.2) is 5.78 Å². The number of carbonyl (C=O) groups is 2. The fourth-order valence-corrected chi connectivity index (χ4v) is 4.03. The first-order valence-corrected chi connectivity index (χ1v) is 8.42. The molecule has 1 unspecified atom stereocenters. The van der Waals surface area contributed by atoms with Crippen LogP contribution in [0.5, 0.6) is 0 Å². The van der Waals surface area contributed by atoms with Crippen LogP contribution < -0.4 is 0 Å². The number of rotatable bonds is 3. The van der Waals surface area contributed by atoms with Crippen molar-refractivity contribution in [2.75, 3.05) is 0 Å². The largest absolute Gasteiger partial charge is 0.429 e. The molecule has 2 aliphatic rings. The zero-order valence-electron chi connectivity index (χ0n) is 15.3. The van der Waals surface area contributed by atoms with Crippen molar-refractivity contribution in [3.05, 3.63) is 34.6 Å². The molecule has 0 saturated carbocycles. The van der Waals surface area contributed by atoms with Crippen molar-refractivity contribution in [2.45, 2.75) is 54.9 Å². The number of fused-ring (bicyclic) bond motifs is 1. The molecule has 1 aliphatic carbocycles. The van der Waals surface area contributed by atoms with Gasteiger partial charge in [-0.1, -0.05) is 37.1 Å². The third-order valence-corrected chi connectivity index (χ3v) is 5.13. The van der Waals surface area contributed by atoms with Gasteiger partial charge in [0.1, 0.15) is 11.7 Å². The Morgan fingerprint density at radius 1 is 1.35 bits per heavy atom. The molecule has 1 heterocycles. The summed E-state index contributed by atoms with van der Waals surface area (Å²) in [6.07, 6.45) is 5.25. The lowest BCUT2D eigenvalue weighted by atomic mass is 9.60. The van der Waals surface area contributed by atoms with E-state index in [9.17, 15) is 9.59 Å². The van der Waals surface area contributed by atoms with Crippen LogP contribution in [0.15, 0.2) is 34.6 Å². The fraction of sp³-hybridized carbons (Fsp3) is 0.600. The Hall–Kier alpha value is -1.64. The number of hydrogen-bond donors (Lipinski definition) is 0. The predicted octanol–water partition coefficient (Wildman–Crippen LogP) is 4.60. The van der Waals surface area contributed by atoms with Crippen molar-refractivity contribution in [3.63, 3.8) is 0 Å². The zero-order chi connectivity index (χ0) is 17.5. The molecule has 0 aromatic rings. The molecule has 1 saturated heterocycles. The van der Waals surface area contributed by atoms with E-state index in [1.54, 1.807) is 6.92 Å². The number of allylic oxidation sites excluding steroid dienone is 6. The Morgan fingerprint density at radius 2 is 1.96 bits per heavy atom. The molecule has 0 N–H and O–H groups in total. The summed E-state index contributed by atoms with van der Waals surface area (Å²) < 4.78 is 5.59. The van der Waals surface area contributed by atoms with E-state index in [0.29, 0.717) is 11.7 Å². The van der Waals surface area contributed by atoms with Gasteiger partial charge in [-0.15, -0.1) is 0 Å². The molecule has 3 atom stereocenters. The van der Waals surface area contributed by atoms with Gasteiger partial charge in [-0.25, -0.2) is 0 Å². The van der Waals surface area contributed by atoms with E-state index < -0.39 is 17.3 Å². The Kier molecular flexibility index (Phi) is 4.70. The smallest absolute Gasteiger partial charge is 0.321 e. The van der Waals surface area contributed by atoms with E-state index in [1.165, 1.54) is 5.57 Å². The summed E-state index contributed by atoms with van der Waals surface area (Å²) in [5.74, 6) is -0.0966. The van der Waals surface area contributed by atoms with Crippen LogP contribution in [0.4, 0.5) is 0 Å². The Bertz CT molecular complexity index is 633. The number of ether oxygens (including phenoxy) is 1.